The first-order valence-electron chi connectivity index (χ1n) is 11.9. The molecule has 32 heavy (non-hydrogen) atoms. The maximum absolute atomic E-state index is 12.9. The van der Waals surface area contributed by atoms with Gasteiger partial charge in [-0.2, -0.15) is 0 Å². The number of ether oxygens (including phenoxy) is 2. The quantitative estimate of drug-likeness (QED) is 0.719. The zero-order valence-corrected chi connectivity index (χ0v) is 19.4. The van der Waals surface area contributed by atoms with Crippen LogP contribution in [-0.2, 0) is 11.2 Å². The number of fused-ring (bicyclic) bond motifs is 4. The lowest BCUT2D eigenvalue weighted by Crippen LogP contribution is -2.53. The van der Waals surface area contributed by atoms with Gasteiger partial charge in [0.05, 0.1) is 13.2 Å². The van der Waals surface area contributed by atoms with E-state index in [2.05, 4.69) is 54.4 Å². The van der Waals surface area contributed by atoms with Crippen molar-refractivity contribution in [3.8, 4) is 16.9 Å². The standard InChI is InChI=1S/C27H34N2O3/c1-27(2)12-9-21-15-20(19-5-4-6-22(16-19)31-3)7-8-23(21)25(27)28-26(30)32-24-17-29-13-10-18(24)11-14-29/h4-8,15-16,18,24-25H,9-14,17H2,1-3H3,(H,28,30)/t24-,25+/m1/s1. The van der Waals surface area contributed by atoms with Gasteiger partial charge < -0.3 is 14.8 Å². The van der Waals surface area contributed by atoms with E-state index in [1.54, 1.807) is 7.11 Å². The Hall–Kier alpha value is -2.53. The molecule has 5 heteroatoms. The second kappa shape index (κ2) is 8.43. The van der Waals surface area contributed by atoms with Crippen LogP contribution in [0, 0.1) is 11.3 Å². The van der Waals surface area contributed by atoms with Gasteiger partial charge in [-0.05, 0) is 84.5 Å². The zero-order valence-electron chi connectivity index (χ0n) is 19.4. The summed E-state index contributed by atoms with van der Waals surface area (Å²) < 4.78 is 11.3. The molecule has 4 aliphatic rings. The fourth-order valence-corrected chi connectivity index (χ4v) is 5.72. The molecule has 0 aromatic heterocycles. The second-order valence-corrected chi connectivity index (χ2v) is 10.3. The number of hydrogen-bond donors (Lipinski definition) is 1. The van der Waals surface area contributed by atoms with E-state index >= 15 is 0 Å². The second-order valence-electron chi connectivity index (χ2n) is 10.3. The average molecular weight is 435 g/mol. The van der Waals surface area contributed by atoms with Gasteiger partial charge in [0.1, 0.15) is 11.9 Å². The van der Waals surface area contributed by atoms with Crippen molar-refractivity contribution in [2.75, 3.05) is 26.7 Å². The van der Waals surface area contributed by atoms with Gasteiger partial charge >= 0.3 is 6.09 Å². The molecule has 0 radical (unpaired) electrons. The number of amides is 1. The Morgan fingerprint density at radius 1 is 1.09 bits per heavy atom. The van der Waals surface area contributed by atoms with Gasteiger partial charge in [-0.3, -0.25) is 4.90 Å². The number of methoxy groups -OCH3 is 1. The summed E-state index contributed by atoms with van der Waals surface area (Å²) in [7, 11) is 1.69. The summed E-state index contributed by atoms with van der Waals surface area (Å²) in [4.78, 5) is 15.4. The Morgan fingerprint density at radius 3 is 2.59 bits per heavy atom. The molecule has 2 aromatic carbocycles. The summed E-state index contributed by atoms with van der Waals surface area (Å²) in [6, 6.07) is 14.7. The average Bonchev–Trinajstić information content (AvgIpc) is 2.81. The van der Waals surface area contributed by atoms with Crippen LogP contribution in [0.1, 0.15) is 50.3 Å². The third-order valence-electron chi connectivity index (χ3n) is 7.79. The molecule has 170 valence electrons. The molecule has 0 spiro atoms. The lowest BCUT2D eigenvalue weighted by atomic mass is 9.70. The summed E-state index contributed by atoms with van der Waals surface area (Å²) >= 11 is 0. The van der Waals surface area contributed by atoms with E-state index in [0.29, 0.717) is 5.92 Å². The van der Waals surface area contributed by atoms with Crippen molar-refractivity contribution in [1.29, 1.82) is 0 Å². The monoisotopic (exact) mass is 434 g/mol. The fraction of sp³-hybridized carbons (Fsp3) is 0.519. The number of hydrogen-bond acceptors (Lipinski definition) is 4. The van der Waals surface area contributed by atoms with Crippen LogP contribution in [0.3, 0.4) is 0 Å². The van der Waals surface area contributed by atoms with Crippen molar-refractivity contribution in [3.63, 3.8) is 0 Å². The SMILES string of the molecule is COc1cccc(-c2ccc3c(c2)CCC(C)(C)[C@H]3NC(=O)O[C@@H]2CN3CCC2CC3)c1. The number of carbonyl (C=O) groups excluding carboxylic acids is 1. The highest BCUT2D eigenvalue weighted by molar-refractivity contribution is 5.70. The molecule has 6 rings (SSSR count). The van der Waals surface area contributed by atoms with Gasteiger partial charge in [-0.15, -0.1) is 0 Å². The molecule has 0 saturated carbocycles. The van der Waals surface area contributed by atoms with E-state index in [1.165, 1.54) is 16.7 Å². The van der Waals surface area contributed by atoms with Crippen molar-refractivity contribution in [2.45, 2.75) is 51.7 Å². The summed E-state index contributed by atoms with van der Waals surface area (Å²) in [6.45, 7) is 7.65. The Morgan fingerprint density at radius 2 is 1.88 bits per heavy atom. The number of nitrogens with zero attached hydrogens (tertiary/aromatic N) is 1. The fourth-order valence-electron chi connectivity index (χ4n) is 5.72. The van der Waals surface area contributed by atoms with Gasteiger partial charge in [-0.1, -0.05) is 44.2 Å². The molecule has 3 heterocycles. The molecule has 1 N–H and O–H groups in total. The maximum Gasteiger partial charge on any atom is 0.407 e. The lowest BCUT2D eigenvalue weighted by Gasteiger charge is -2.44. The first-order valence-corrected chi connectivity index (χ1v) is 11.9. The Balaban J connectivity index is 1.35. The van der Waals surface area contributed by atoms with Crippen molar-refractivity contribution in [1.82, 2.24) is 10.2 Å². The highest BCUT2D eigenvalue weighted by atomic mass is 16.6. The largest absolute Gasteiger partial charge is 0.497 e. The van der Waals surface area contributed by atoms with Crippen molar-refractivity contribution >= 4 is 6.09 Å². The summed E-state index contributed by atoms with van der Waals surface area (Å²) in [5.41, 5.74) is 4.80. The number of nitrogens with one attached hydrogen (secondary N) is 1. The first kappa shape index (κ1) is 21.3. The van der Waals surface area contributed by atoms with Crippen LogP contribution in [0.25, 0.3) is 11.1 Å². The van der Waals surface area contributed by atoms with E-state index in [-0.39, 0.29) is 23.7 Å². The molecule has 1 aliphatic carbocycles. The van der Waals surface area contributed by atoms with Gasteiger partial charge in [-0.25, -0.2) is 4.79 Å². The van der Waals surface area contributed by atoms with Crippen LogP contribution in [0.5, 0.6) is 5.75 Å². The molecule has 3 saturated heterocycles. The van der Waals surface area contributed by atoms with E-state index in [0.717, 1.165) is 56.6 Å². The normalized spacial score (nSPS) is 28.0. The van der Waals surface area contributed by atoms with E-state index in [9.17, 15) is 4.79 Å². The molecule has 2 atom stereocenters. The minimum atomic E-state index is -0.272. The van der Waals surface area contributed by atoms with Crippen molar-refractivity contribution < 1.29 is 14.3 Å². The molecule has 1 amide bonds. The number of aryl methyl sites for hydroxylation is 1. The summed E-state index contributed by atoms with van der Waals surface area (Å²) in [5.74, 6) is 1.37. The minimum absolute atomic E-state index is 0.0270. The summed E-state index contributed by atoms with van der Waals surface area (Å²) in [5, 5.41) is 3.25. The number of alkyl carbamates (subject to hydrolysis) is 1. The first-order chi connectivity index (χ1) is 15.4. The van der Waals surface area contributed by atoms with Gasteiger partial charge in [0, 0.05) is 6.54 Å². The van der Waals surface area contributed by atoms with Crippen LogP contribution in [0.15, 0.2) is 42.5 Å². The molecule has 2 aromatic rings. The minimum Gasteiger partial charge on any atom is -0.497 e. The maximum atomic E-state index is 12.9. The van der Waals surface area contributed by atoms with E-state index < -0.39 is 0 Å². The topological polar surface area (TPSA) is 50.8 Å². The van der Waals surface area contributed by atoms with Gasteiger partial charge in [0.25, 0.3) is 0 Å². The van der Waals surface area contributed by atoms with Crippen LogP contribution in [-0.4, -0.2) is 43.8 Å². The number of carbonyl (C=O) groups is 1. The summed E-state index contributed by atoms with van der Waals surface area (Å²) in [6.07, 6.45) is 4.07. The predicted octanol–water partition coefficient (Wildman–Crippen LogP) is 5.20. The molecular weight excluding hydrogens is 400 g/mol. The number of benzene rings is 2. The highest BCUT2D eigenvalue weighted by Gasteiger charge is 2.40. The molecule has 2 bridgehead atoms. The van der Waals surface area contributed by atoms with Crippen LogP contribution < -0.4 is 10.1 Å². The van der Waals surface area contributed by atoms with Crippen molar-refractivity contribution in [2.24, 2.45) is 11.3 Å². The van der Waals surface area contributed by atoms with E-state index in [1.807, 2.05) is 12.1 Å². The van der Waals surface area contributed by atoms with Crippen LogP contribution in [0.4, 0.5) is 4.79 Å². The van der Waals surface area contributed by atoms with Crippen LogP contribution in [0.2, 0.25) is 0 Å². The third kappa shape index (κ3) is 4.11. The Labute approximate surface area is 191 Å². The molecule has 3 fully saturated rings. The Bertz CT molecular complexity index is 994. The van der Waals surface area contributed by atoms with Gasteiger partial charge in [0.2, 0.25) is 0 Å². The lowest BCUT2D eigenvalue weighted by molar-refractivity contribution is -0.0353. The highest BCUT2D eigenvalue weighted by Crippen LogP contribution is 2.44. The molecule has 0 unspecified atom stereocenters. The number of rotatable bonds is 4. The smallest absolute Gasteiger partial charge is 0.407 e. The molecule has 5 nitrogen and oxygen atoms in total. The van der Waals surface area contributed by atoms with Gasteiger partial charge in [0.15, 0.2) is 0 Å². The predicted molar refractivity (Wildman–Crippen MR) is 126 cm³/mol. The number of piperidine rings is 3. The molecule has 3 aliphatic heterocycles. The van der Waals surface area contributed by atoms with Crippen molar-refractivity contribution in [3.05, 3.63) is 53.6 Å². The molecular formula is C27H34N2O3. The third-order valence-corrected chi connectivity index (χ3v) is 7.79. The Kier molecular flexibility index (Phi) is 5.62. The van der Waals surface area contributed by atoms with Crippen LogP contribution >= 0.6 is 0 Å². The van der Waals surface area contributed by atoms with E-state index in [4.69, 9.17) is 9.47 Å². The zero-order chi connectivity index (χ0) is 22.3.